The van der Waals surface area contributed by atoms with Crippen LogP contribution in [0, 0.1) is 5.41 Å². The van der Waals surface area contributed by atoms with Crippen LogP contribution >= 0.6 is 11.8 Å². The summed E-state index contributed by atoms with van der Waals surface area (Å²) in [5, 5.41) is 3.62. The molecule has 0 bridgehead atoms. The van der Waals surface area contributed by atoms with Crippen LogP contribution in [0.15, 0.2) is 59.6 Å². The van der Waals surface area contributed by atoms with Crippen molar-refractivity contribution in [3.63, 3.8) is 0 Å². The molecule has 0 spiro atoms. The number of amidine groups is 1. The van der Waals surface area contributed by atoms with Crippen molar-refractivity contribution >= 4 is 28.5 Å². The van der Waals surface area contributed by atoms with Gasteiger partial charge in [-0.25, -0.2) is 4.99 Å². The number of carbonyl (C=O) groups excluding carboxylic acids is 1. The van der Waals surface area contributed by atoms with Crippen LogP contribution in [0.3, 0.4) is 0 Å². The highest BCUT2D eigenvalue weighted by Crippen LogP contribution is 2.53. The van der Waals surface area contributed by atoms with E-state index in [1.165, 1.54) is 0 Å². The number of fused-ring (bicyclic) bond motifs is 1. The summed E-state index contributed by atoms with van der Waals surface area (Å²) in [5.74, 6) is 0.712. The Hall–Kier alpha value is -2.31. The average molecular weight is 382 g/mol. The zero-order valence-corrected chi connectivity index (χ0v) is 16.1. The second kappa shape index (κ2) is 7.02. The van der Waals surface area contributed by atoms with Gasteiger partial charge in [-0.15, -0.1) is 0 Å². The van der Waals surface area contributed by atoms with Gasteiger partial charge in [-0.05, 0) is 36.2 Å². The number of nitrogens with one attached hydrogen (secondary N) is 1. The molecule has 1 saturated heterocycles. The molecule has 4 rings (SSSR count). The minimum atomic E-state index is -0.550. The van der Waals surface area contributed by atoms with Crippen LogP contribution in [-0.2, 0) is 10.3 Å². The monoisotopic (exact) mass is 381 g/mol. The van der Waals surface area contributed by atoms with E-state index < -0.39 is 5.54 Å². The molecule has 5 nitrogen and oxygen atoms in total. The third kappa shape index (κ3) is 3.24. The largest absolute Gasteiger partial charge is 0.399 e. The highest BCUT2D eigenvalue weighted by Gasteiger charge is 2.54. The van der Waals surface area contributed by atoms with Crippen molar-refractivity contribution in [2.45, 2.75) is 18.9 Å². The third-order valence-corrected chi connectivity index (χ3v) is 6.80. The van der Waals surface area contributed by atoms with E-state index in [9.17, 15) is 4.79 Å². The molecular weight excluding hydrogens is 358 g/mol. The summed E-state index contributed by atoms with van der Waals surface area (Å²) < 4.78 is 5.87. The van der Waals surface area contributed by atoms with E-state index in [1.807, 2.05) is 36.4 Å². The van der Waals surface area contributed by atoms with Gasteiger partial charge in [-0.3, -0.25) is 4.79 Å². The van der Waals surface area contributed by atoms with E-state index in [1.54, 1.807) is 23.9 Å². The fraction of sp³-hybridized carbons (Fsp3) is 0.333. The zero-order chi connectivity index (χ0) is 18.9. The lowest BCUT2D eigenvalue weighted by atomic mass is 9.65. The Bertz CT molecular complexity index is 886. The molecule has 0 aromatic heterocycles. The third-order valence-electron chi connectivity index (χ3n) is 5.55. The maximum atomic E-state index is 12.6. The van der Waals surface area contributed by atoms with Crippen molar-refractivity contribution in [1.29, 1.82) is 0 Å². The number of thioether (sulfide) groups is 1. The summed E-state index contributed by atoms with van der Waals surface area (Å²) in [6.07, 6.45) is 0.915. The molecule has 2 atom stereocenters. The number of nitrogen functional groups attached to an aromatic ring is 1. The normalized spacial score (nSPS) is 27.4. The molecule has 0 radical (unpaired) electrons. The smallest absolute Gasteiger partial charge is 0.257 e. The molecule has 2 heterocycles. The Morgan fingerprint density at radius 1 is 1.22 bits per heavy atom. The van der Waals surface area contributed by atoms with E-state index in [2.05, 4.69) is 18.3 Å². The van der Waals surface area contributed by atoms with Gasteiger partial charge in [-0.1, -0.05) is 49.0 Å². The molecule has 6 heteroatoms. The Morgan fingerprint density at radius 2 is 2.04 bits per heavy atom. The van der Waals surface area contributed by atoms with Gasteiger partial charge in [-0.2, -0.15) is 0 Å². The van der Waals surface area contributed by atoms with Gasteiger partial charge in [0, 0.05) is 29.0 Å². The molecule has 3 N–H and O–H groups in total. The van der Waals surface area contributed by atoms with Crippen molar-refractivity contribution in [3.05, 3.63) is 65.7 Å². The lowest BCUT2D eigenvalue weighted by Crippen LogP contribution is -2.55. The molecule has 2 aromatic rings. The number of nitrogens with two attached hydrogens (primary N) is 1. The van der Waals surface area contributed by atoms with Crippen LogP contribution in [0.1, 0.15) is 29.3 Å². The van der Waals surface area contributed by atoms with Crippen LogP contribution < -0.4 is 11.1 Å². The quantitative estimate of drug-likeness (QED) is 0.782. The summed E-state index contributed by atoms with van der Waals surface area (Å²) in [5.41, 5.74) is 7.80. The van der Waals surface area contributed by atoms with Crippen molar-refractivity contribution < 1.29 is 9.53 Å². The number of benzene rings is 2. The summed E-state index contributed by atoms with van der Waals surface area (Å²) in [4.78, 5) is 17.6. The standard InChI is InChI=1S/C21H23N3O2S/c1-20-10-11-26-13-21(20,16-8-5-9-17(22)12-16)24-19(27-14-20)23-18(25)15-6-3-2-4-7-15/h2-9,12H,10-11,13-14,22H2,1H3,(H,23,24,25)/t20-,21+/m0/s1. The van der Waals surface area contributed by atoms with Crippen molar-refractivity contribution in [1.82, 2.24) is 5.32 Å². The predicted molar refractivity (Wildman–Crippen MR) is 110 cm³/mol. The van der Waals surface area contributed by atoms with E-state index in [0.29, 0.717) is 23.0 Å². The molecule has 2 aliphatic heterocycles. The summed E-state index contributed by atoms with van der Waals surface area (Å²) in [6, 6.07) is 17.0. The molecule has 2 aromatic carbocycles. The SMILES string of the molecule is C[C@@]12CCOC[C@]1(c1cccc(N)c1)N=C(NC(=O)c1ccccc1)SC2. The lowest BCUT2D eigenvalue weighted by Gasteiger charge is -2.51. The van der Waals surface area contributed by atoms with Gasteiger partial charge in [0.05, 0.1) is 6.61 Å². The number of anilines is 1. The highest BCUT2D eigenvalue weighted by molar-refractivity contribution is 8.14. The number of aliphatic imine (C=N–C) groups is 1. The average Bonchev–Trinajstić information content (AvgIpc) is 2.69. The molecule has 2 aliphatic rings. The molecule has 27 heavy (non-hydrogen) atoms. The van der Waals surface area contributed by atoms with Crippen LogP contribution in [0.4, 0.5) is 5.69 Å². The van der Waals surface area contributed by atoms with Crippen molar-refractivity contribution in [2.24, 2.45) is 10.4 Å². The van der Waals surface area contributed by atoms with Crippen LogP contribution in [-0.4, -0.2) is 30.0 Å². The summed E-state index contributed by atoms with van der Waals surface area (Å²) in [7, 11) is 0. The van der Waals surface area contributed by atoms with E-state index in [0.717, 1.165) is 24.3 Å². The number of nitrogens with zero attached hydrogens (tertiary/aromatic N) is 1. The number of hydrogen-bond donors (Lipinski definition) is 2. The molecular formula is C21H23N3O2S. The van der Waals surface area contributed by atoms with Gasteiger partial charge in [0.1, 0.15) is 5.54 Å². The van der Waals surface area contributed by atoms with Gasteiger partial charge < -0.3 is 15.8 Å². The molecule has 1 amide bonds. The number of hydrogen-bond acceptors (Lipinski definition) is 5. The van der Waals surface area contributed by atoms with Crippen molar-refractivity contribution in [2.75, 3.05) is 24.7 Å². The van der Waals surface area contributed by atoms with Crippen LogP contribution in [0.25, 0.3) is 0 Å². The van der Waals surface area contributed by atoms with E-state index in [-0.39, 0.29) is 11.3 Å². The molecule has 0 unspecified atom stereocenters. The second-order valence-corrected chi connectivity index (χ2v) is 8.34. The van der Waals surface area contributed by atoms with Gasteiger partial charge in [0.25, 0.3) is 5.91 Å². The Labute approximate surface area is 163 Å². The fourth-order valence-corrected chi connectivity index (χ4v) is 5.03. The van der Waals surface area contributed by atoms with Crippen molar-refractivity contribution in [3.8, 4) is 0 Å². The van der Waals surface area contributed by atoms with Gasteiger partial charge >= 0.3 is 0 Å². The van der Waals surface area contributed by atoms with E-state index >= 15 is 0 Å². The Balaban J connectivity index is 1.72. The first-order chi connectivity index (χ1) is 13.0. The van der Waals surface area contributed by atoms with E-state index in [4.69, 9.17) is 15.5 Å². The Morgan fingerprint density at radius 3 is 2.81 bits per heavy atom. The number of carbonyl (C=O) groups is 1. The second-order valence-electron chi connectivity index (χ2n) is 7.37. The fourth-order valence-electron chi connectivity index (χ4n) is 3.81. The van der Waals surface area contributed by atoms with Gasteiger partial charge in [0.15, 0.2) is 5.17 Å². The number of rotatable bonds is 2. The minimum absolute atomic E-state index is 0.0648. The van der Waals surface area contributed by atoms with Crippen LogP contribution in [0.2, 0.25) is 0 Å². The zero-order valence-electron chi connectivity index (χ0n) is 15.3. The predicted octanol–water partition coefficient (Wildman–Crippen LogP) is 3.42. The highest BCUT2D eigenvalue weighted by atomic mass is 32.2. The minimum Gasteiger partial charge on any atom is -0.399 e. The first kappa shape index (κ1) is 18.1. The summed E-state index contributed by atoms with van der Waals surface area (Å²) in [6.45, 7) is 3.46. The molecule has 140 valence electrons. The lowest BCUT2D eigenvalue weighted by molar-refractivity contribution is -0.0425. The summed E-state index contributed by atoms with van der Waals surface area (Å²) >= 11 is 1.60. The maximum Gasteiger partial charge on any atom is 0.257 e. The maximum absolute atomic E-state index is 12.6. The number of amides is 1. The first-order valence-corrected chi connectivity index (χ1v) is 10.0. The molecule has 1 fully saturated rings. The van der Waals surface area contributed by atoms with Crippen LogP contribution in [0.5, 0.6) is 0 Å². The molecule has 0 aliphatic carbocycles. The van der Waals surface area contributed by atoms with Gasteiger partial charge in [0.2, 0.25) is 0 Å². The number of ether oxygens (including phenoxy) is 1. The topological polar surface area (TPSA) is 76.7 Å². The molecule has 0 saturated carbocycles. The first-order valence-electron chi connectivity index (χ1n) is 9.05. The Kier molecular flexibility index (Phi) is 4.70.